The molecule has 1 aromatic carbocycles. The Morgan fingerprint density at radius 2 is 1.94 bits per heavy atom. The Hall–Kier alpha value is -1.52. The molecule has 0 spiro atoms. The van der Waals surface area contributed by atoms with Gasteiger partial charge in [0.2, 0.25) is 0 Å². The van der Waals surface area contributed by atoms with Gasteiger partial charge in [0.1, 0.15) is 0 Å². The van der Waals surface area contributed by atoms with E-state index in [4.69, 9.17) is 0 Å². The van der Waals surface area contributed by atoms with Crippen LogP contribution in [0.3, 0.4) is 0 Å². The molecule has 94 valence electrons. The highest BCUT2D eigenvalue weighted by Crippen LogP contribution is 2.32. The zero-order valence-electron chi connectivity index (χ0n) is 9.38. The van der Waals surface area contributed by atoms with Crippen LogP contribution in [0.2, 0.25) is 0 Å². The van der Waals surface area contributed by atoms with Crippen molar-refractivity contribution in [2.45, 2.75) is 25.9 Å². The second-order valence-corrected chi connectivity index (χ2v) is 3.46. The highest BCUT2D eigenvalue weighted by atomic mass is 19.4. The Kier molecular flexibility index (Phi) is 4.54. The number of carbonyl (C=O) groups excluding carboxylic acids is 1. The first-order valence-electron chi connectivity index (χ1n) is 5.26. The molecule has 0 aliphatic carbocycles. The zero-order valence-corrected chi connectivity index (χ0v) is 9.38. The first-order valence-corrected chi connectivity index (χ1v) is 5.26. The van der Waals surface area contributed by atoms with Crippen LogP contribution in [0.4, 0.5) is 13.2 Å². The lowest BCUT2D eigenvalue weighted by atomic mass is 10.0. The van der Waals surface area contributed by atoms with Crippen molar-refractivity contribution in [1.29, 1.82) is 0 Å². The maximum atomic E-state index is 12.6. The molecule has 2 nitrogen and oxygen atoms in total. The fraction of sp³-hybridized carbons (Fsp3) is 0.417. The van der Waals surface area contributed by atoms with Crippen molar-refractivity contribution >= 4 is 5.97 Å². The summed E-state index contributed by atoms with van der Waals surface area (Å²) in [5.74, 6) is -0.482. The summed E-state index contributed by atoms with van der Waals surface area (Å²) in [6, 6.07) is 5.24. The number of benzene rings is 1. The summed E-state index contributed by atoms with van der Waals surface area (Å²) in [5, 5.41) is 0. The average Bonchev–Trinajstić information content (AvgIpc) is 2.26. The van der Waals surface area contributed by atoms with Gasteiger partial charge in [0.15, 0.2) is 0 Å². The fourth-order valence-corrected chi connectivity index (χ4v) is 1.48. The Balaban J connectivity index is 2.74. The number of carbonyl (C=O) groups is 1. The van der Waals surface area contributed by atoms with Crippen molar-refractivity contribution in [2.24, 2.45) is 0 Å². The number of hydrogen-bond donors (Lipinski definition) is 0. The molecule has 0 atom stereocenters. The lowest BCUT2D eigenvalue weighted by molar-refractivity contribution is -0.144. The standard InChI is InChI=1S/C12H13F3O2/c1-2-17-11(16)8-7-9-5-3-4-6-10(9)12(13,14)15/h3-6H,2,7-8H2,1H3. The van der Waals surface area contributed by atoms with Crippen LogP contribution in [-0.2, 0) is 22.1 Å². The van der Waals surface area contributed by atoms with Gasteiger partial charge in [-0.25, -0.2) is 0 Å². The van der Waals surface area contributed by atoms with E-state index in [1.807, 2.05) is 0 Å². The summed E-state index contributed by atoms with van der Waals surface area (Å²) in [5.41, 5.74) is -0.572. The predicted molar refractivity (Wildman–Crippen MR) is 56.4 cm³/mol. The van der Waals surface area contributed by atoms with Crippen LogP contribution in [0.5, 0.6) is 0 Å². The molecule has 0 radical (unpaired) electrons. The van der Waals surface area contributed by atoms with Crippen LogP contribution in [0.15, 0.2) is 24.3 Å². The third-order valence-corrected chi connectivity index (χ3v) is 2.23. The molecule has 0 bridgehead atoms. The van der Waals surface area contributed by atoms with E-state index in [9.17, 15) is 18.0 Å². The maximum Gasteiger partial charge on any atom is 0.416 e. The van der Waals surface area contributed by atoms with Crippen LogP contribution >= 0.6 is 0 Å². The monoisotopic (exact) mass is 246 g/mol. The molecule has 0 saturated heterocycles. The summed E-state index contributed by atoms with van der Waals surface area (Å²) in [6.45, 7) is 1.89. The van der Waals surface area contributed by atoms with Crippen molar-refractivity contribution in [3.8, 4) is 0 Å². The predicted octanol–water partition coefficient (Wildman–Crippen LogP) is 3.20. The number of aryl methyl sites for hydroxylation is 1. The molecule has 5 heteroatoms. The van der Waals surface area contributed by atoms with E-state index in [0.717, 1.165) is 6.07 Å². The first kappa shape index (κ1) is 13.5. The highest BCUT2D eigenvalue weighted by Gasteiger charge is 2.32. The minimum absolute atomic E-state index is 0.0362. The summed E-state index contributed by atoms with van der Waals surface area (Å²) < 4.78 is 42.5. The minimum Gasteiger partial charge on any atom is -0.466 e. The van der Waals surface area contributed by atoms with E-state index in [-0.39, 0.29) is 25.0 Å². The number of hydrogen-bond acceptors (Lipinski definition) is 2. The van der Waals surface area contributed by atoms with Crippen molar-refractivity contribution in [3.05, 3.63) is 35.4 Å². The van der Waals surface area contributed by atoms with E-state index < -0.39 is 17.7 Å². The Bertz CT molecular complexity index is 386. The normalized spacial score (nSPS) is 11.3. The van der Waals surface area contributed by atoms with Crippen LogP contribution in [0.1, 0.15) is 24.5 Å². The second-order valence-electron chi connectivity index (χ2n) is 3.46. The van der Waals surface area contributed by atoms with Crippen molar-refractivity contribution in [2.75, 3.05) is 6.61 Å². The van der Waals surface area contributed by atoms with E-state index in [1.165, 1.54) is 18.2 Å². The topological polar surface area (TPSA) is 26.3 Å². The molecule has 0 heterocycles. The number of rotatable bonds is 4. The quantitative estimate of drug-likeness (QED) is 0.762. The van der Waals surface area contributed by atoms with Gasteiger partial charge in [-0.3, -0.25) is 4.79 Å². The van der Waals surface area contributed by atoms with Gasteiger partial charge in [-0.05, 0) is 25.0 Å². The Morgan fingerprint density at radius 3 is 2.53 bits per heavy atom. The van der Waals surface area contributed by atoms with Gasteiger partial charge < -0.3 is 4.74 Å². The molecule has 0 fully saturated rings. The van der Waals surface area contributed by atoms with Gasteiger partial charge in [0.25, 0.3) is 0 Å². The first-order chi connectivity index (χ1) is 7.95. The molecule has 0 aliphatic heterocycles. The molecule has 0 N–H and O–H groups in total. The van der Waals surface area contributed by atoms with Gasteiger partial charge in [0.05, 0.1) is 12.2 Å². The van der Waals surface area contributed by atoms with Crippen molar-refractivity contribution in [3.63, 3.8) is 0 Å². The average molecular weight is 246 g/mol. The lowest BCUT2D eigenvalue weighted by Crippen LogP contribution is -2.11. The Labute approximate surface area is 97.4 Å². The molecule has 0 unspecified atom stereocenters. The molecule has 0 aliphatic rings. The summed E-state index contributed by atoms with van der Waals surface area (Å²) >= 11 is 0. The third kappa shape index (κ3) is 4.09. The molecular formula is C12H13F3O2. The SMILES string of the molecule is CCOC(=O)CCc1ccccc1C(F)(F)F. The summed E-state index contributed by atoms with van der Waals surface area (Å²) in [4.78, 5) is 11.1. The fourth-order valence-electron chi connectivity index (χ4n) is 1.48. The van der Waals surface area contributed by atoms with E-state index >= 15 is 0 Å². The minimum atomic E-state index is -4.38. The van der Waals surface area contributed by atoms with E-state index in [2.05, 4.69) is 4.74 Å². The summed E-state index contributed by atoms with van der Waals surface area (Å²) in [7, 11) is 0. The van der Waals surface area contributed by atoms with E-state index in [0.29, 0.717) is 0 Å². The zero-order chi connectivity index (χ0) is 12.9. The van der Waals surface area contributed by atoms with Crippen molar-refractivity contribution < 1.29 is 22.7 Å². The number of halogens is 3. The third-order valence-electron chi connectivity index (χ3n) is 2.23. The van der Waals surface area contributed by atoms with Gasteiger partial charge in [-0.15, -0.1) is 0 Å². The van der Waals surface area contributed by atoms with Crippen LogP contribution in [0, 0.1) is 0 Å². The van der Waals surface area contributed by atoms with Gasteiger partial charge in [-0.1, -0.05) is 18.2 Å². The number of alkyl halides is 3. The summed E-state index contributed by atoms with van der Waals surface area (Å²) in [6.07, 6.45) is -4.39. The van der Waals surface area contributed by atoms with E-state index in [1.54, 1.807) is 6.92 Å². The van der Waals surface area contributed by atoms with Crippen LogP contribution in [0.25, 0.3) is 0 Å². The molecule has 1 aromatic rings. The lowest BCUT2D eigenvalue weighted by Gasteiger charge is -2.12. The second kappa shape index (κ2) is 5.70. The molecule has 0 amide bonds. The number of esters is 1. The number of ether oxygens (including phenoxy) is 1. The van der Waals surface area contributed by atoms with Gasteiger partial charge in [-0.2, -0.15) is 13.2 Å². The molecule has 17 heavy (non-hydrogen) atoms. The van der Waals surface area contributed by atoms with Crippen LogP contribution < -0.4 is 0 Å². The molecule has 1 rings (SSSR count). The molecule has 0 saturated carbocycles. The van der Waals surface area contributed by atoms with Crippen molar-refractivity contribution in [1.82, 2.24) is 0 Å². The van der Waals surface area contributed by atoms with Gasteiger partial charge in [0, 0.05) is 6.42 Å². The van der Waals surface area contributed by atoms with Gasteiger partial charge >= 0.3 is 12.1 Å². The largest absolute Gasteiger partial charge is 0.466 e. The molecular weight excluding hydrogens is 233 g/mol. The highest BCUT2D eigenvalue weighted by molar-refractivity contribution is 5.69. The van der Waals surface area contributed by atoms with Crippen LogP contribution in [-0.4, -0.2) is 12.6 Å². The molecule has 0 aromatic heterocycles. The maximum absolute atomic E-state index is 12.6. The Morgan fingerprint density at radius 1 is 1.29 bits per heavy atom. The smallest absolute Gasteiger partial charge is 0.416 e.